The molecule has 0 spiro atoms. The zero-order valence-electron chi connectivity index (χ0n) is 12.3. The first-order valence-corrected chi connectivity index (χ1v) is 7.75. The fourth-order valence-electron chi connectivity index (χ4n) is 3.16. The highest BCUT2D eigenvalue weighted by molar-refractivity contribution is 5.21. The van der Waals surface area contributed by atoms with E-state index in [2.05, 4.69) is 29.2 Å². The van der Waals surface area contributed by atoms with Crippen molar-refractivity contribution in [3.63, 3.8) is 0 Å². The Bertz CT molecular complexity index is 567. The first kappa shape index (κ1) is 14.3. The highest BCUT2D eigenvalue weighted by atomic mass is 19.1. The summed E-state index contributed by atoms with van der Waals surface area (Å²) in [4.78, 5) is 2.50. The van der Waals surface area contributed by atoms with Crippen molar-refractivity contribution in [2.75, 3.05) is 19.6 Å². The van der Waals surface area contributed by atoms with Gasteiger partial charge in [0.1, 0.15) is 5.82 Å². The van der Waals surface area contributed by atoms with Crippen molar-refractivity contribution in [2.24, 2.45) is 0 Å². The molecule has 21 heavy (non-hydrogen) atoms. The minimum Gasteiger partial charge on any atom is -0.302 e. The van der Waals surface area contributed by atoms with Crippen LogP contribution in [0.2, 0.25) is 0 Å². The molecule has 3 rings (SSSR count). The van der Waals surface area contributed by atoms with E-state index in [1.54, 1.807) is 6.07 Å². The van der Waals surface area contributed by atoms with Crippen molar-refractivity contribution in [1.82, 2.24) is 4.90 Å². The summed E-state index contributed by atoms with van der Waals surface area (Å²) in [6, 6.07) is 18.6. The van der Waals surface area contributed by atoms with E-state index in [1.807, 2.05) is 18.2 Å². The minimum absolute atomic E-state index is 0.122. The standard InChI is InChI=1S/C19H21FN/c20-19-10-4-8-17(14-19)18-9-5-12-21(15-18)13-11-16-6-2-1-3-7-16/h1-4,6,8,10,14,18H,5,9,11-13,15H2. The van der Waals surface area contributed by atoms with Gasteiger partial charge in [0.2, 0.25) is 0 Å². The maximum absolute atomic E-state index is 13.4. The van der Waals surface area contributed by atoms with Gasteiger partial charge in [0.15, 0.2) is 0 Å². The summed E-state index contributed by atoms with van der Waals surface area (Å²) in [7, 11) is 0. The Morgan fingerprint density at radius 1 is 1.19 bits per heavy atom. The summed E-state index contributed by atoms with van der Waals surface area (Å²) >= 11 is 0. The van der Waals surface area contributed by atoms with E-state index in [4.69, 9.17) is 0 Å². The number of halogens is 1. The lowest BCUT2D eigenvalue weighted by Gasteiger charge is -2.33. The summed E-state index contributed by atoms with van der Waals surface area (Å²) < 4.78 is 13.4. The van der Waals surface area contributed by atoms with Gasteiger partial charge < -0.3 is 4.90 Å². The van der Waals surface area contributed by atoms with Gasteiger partial charge in [0.05, 0.1) is 0 Å². The zero-order chi connectivity index (χ0) is 14.5. The molecule has 1 aliphatic rings. The molecular formula is C19H21FN. The molecule has 1 atom stereocenters. The van der Waals surface area contributed by atoms with E-state index in [-0.39, 0.29) is 5.82 Å². The fraction of sp³-hybridized carbons (Fsp3) is 0.368. The molecule has 2 aromatic rings. The molecule has 0 aromatic heterocycles. The summed E-state index contributed by atoms with van der Waals surface area (Å²) in [5.74, 6) is 0.345. The first-order chi connectivity index (χ1) is 10.3. The van der Waals surface area contributed by atoms with Crippen LogP contribution in [-0.4, -0.2) is 24.5 Å². The van der Waals surface area contributed by atoms with Gasteiger partial charge in [-0.3, -0.25) is 0 Å². The lowest BCUT2D eigenvalue weighted by Crippen LogP contribution is -2.35. The van der Waals surface area contributed by atoms with E-state index in [0.717, 1.165) is 38.0 Å². The van der Waals surface area contributed by atoms with Gasteiger partial charge in [-0.15, -0.1) is 0 Å². The number of nitrogens with zero attached hydrogens (tertiary/aromatic N) is 1. The predicted octanol–water partition coefficient (Wildman–Crippen LogP) is 4.05. The number of hydrogen-bond donors (Lipinski definition) is 0. The number of piperidine rings is 1. The third kappa shape index (κ3) is 3.92. The molecule has 1 radical (unpaired) electrons. The Morgan fingerprint density at radius 2 is 2.14 bits per heavy atom. The van der Waals surface area contributed by atoms with Crippen LogP contribution in [0, 0.1) is 11.9 Å². The minimum atomic E-state index is -0.122. The fourth-order valence-corrected chi connectivity index (χ4v) is 3.16. The second-order valence-corrected chi connectivity index (χ2v) is 5.83. The van der Waals surface area contributed by atoms with Gasteiger partial charge in [0.25, 0.3) is 0 Å². The largest absolute Gasteiger partial charge is 0.302 e. The molecule has 1 nitrogen and oxygen atoms in total. The smallest absolute Gasteiger partial charge is 0.123 e. The first-order valence-electron chi connectivity index (χ1n) is 7.75. The summed E-state index contributed by atoms with van der Waals surface area (Å²) in [6.45, 7) is 3.25. The second kappa shape index (κ2) is 6.86. The zero-order valence-corrected chi connectivity index (χ0v) is 12.3. The molecule has 1 unspecified atom stereocenters. The summed E-state index contributed by atoms with van der Waals surface area (Å²) in [6.07, 6.45) is 3.40. The molecule has 0 amide bonds. The SMILES string of the molecule is Fc1cccc(C2CCCN(CCc3[c]cccc3)C2)c1. The second-order valence-electron chi connectivity index (χ2n) is 5.83. The average Bonchev–Trinajstić information content (AvgIpc) is 2.54. The Balaban J connectivity index is 1.58. The monoisotopic (exact) mass is 282 g/mol. The van der Waals surface area contributed by atoms with Crippen LogP contribution >= 0.6 is 0 Å². The van der Waals surface area contributed by atoms with Crippen LogP contribution in [0.4, 0.5) is 4.39 Å². The average molecular weight is 282 g/mol. The van der Waals surface area contributed by atoms with Gasteiger partial charge in [-0.2, -0.15) is 0 Å². The normalized spacial score (nSPS) is 19.6. The van der Waals surface area contributed by atoms with Crippen molar-refractivity contribution in [1.29, 1.82) is 0 Å². The van der Waals surface area contributed by atoms with Crippen LogP contribution in [0.1, 0.15) is 29.9 Å². The number of hydrogen-bond acceptors (Lipinski definition) is 1. The van der Waals surface area contributed by atoms with Gasteiger partial charge in [-0.25, -0.2) is 4.39 Å². The van der Waals surface area contributed by atoms with Crippen molar-refractivity contribution >= 4 is 0 Å². The Labute approximate surface area is 126 Å². The number of benzene rings is 2. The highest BCUT2D eigenvalue weighted by Crippen LogP contribution is 2.27. The highest BCUT2D eigenvalue weighted by Gasteiger charge is 2.21. The molecule has 1 fully saturated rings. The van der Waals surface area contributed by atoms with Crippen LogP contribution in [-0.2, 0) is 6.42 Å². The van der Waals surface area contributed by atoms with E-state index in [1.165, 1.54) is 18.1 Å². The van der Waals surface area contributed by atoms with E-state index in [9.17, 15) is 4.39 Å². The summed E-state index contributed by atoms with van der Waals surface area (Å²) in [5.41, 5.74) is 2.41. The third-order valence-corrected chi connectivity index (χ3v) is 4.30. The number of rotatable bonds is 4. The molecule has 1 aliphatic heterocycles. The summed E-state index contributed by atoms with van der Waals surface area (Å²) in [5, 5.41) is 0. The molecule has 0 saturated carbocycles. The molecule has 0 aliphatic carbocycles. The third-order valence-electron chi connectivity index (χ3n) is 4.30. The molecule has 1 heterocycles. The molecule has 2 heteroatoms. The van der Waals surface area contributed by atoms with Crippen LogP contribution in [0.3, 0.4) is 0 Å². The van der Waals surface area contributed by atoms with Gasteiger partial charge >= 0.3 is 0 Å². The van der Waals surface area contributed by atoms with Crippen molar-refractivity contribution in [3.8, 4) is 0 Å². The van der Waals surface area contributed by atoms with Crippen LogP contribution < -0.4 is 0 Å². The van der Waals surface area contributed by atoms with Crippen LogP contribution in [0.25, 0.3) is 0 Å². The topological polar surface area (TPSA) is 3.24 Å². The van der Waals surface area contributed by atoms with Crippen LogP contribution in [0.15, 0.2) is 48.5 Å². The molecule has 1 saturated heterocycles. The van der Waals surface area contributed by atoms with Crippen LogP contribution in [0.5, 0.6) is 0 Å². The number of likely N-dealkylation sites (tertiary alicyclic amines) is 1. The van der Waals surface area contributed by atoms with Gasteiger partial charge in [0, 0.05) is 13.1 Å². The van der Waals surface area contributed by atoms with Crippen molar-refractivity contribution in [2.45, 2.75) is 25.2 Å². The Kier molecular flexibility index (Phi) is 4.66. The molecular weight excluding hydrogens is 261 g/mol. The lowest BCUT2D eigenvalue weighted by molar-refractivity contribution is 0.210. The van der Waals surface area contributed by atoms with Crippen molar-refractivity contribution in [3.05, 3.63) is 71.5 Å². The van der Waals surface area contributed by atoms with Gasteiger partial charge in [-0.1, -0.05) is 36.4 Å². The maximum atomic E-state index is 13.4. The van der Waals surface area contributed by atoms with Gasteiger partial charge in [-0.05, 0) is 61.1 Å². The van der Waals surface area contributed by atoms with E-state index >= 15 is 0 Å². The maximum Gasteiger partial charge on any atom is 0.123 e. The van der Waals surface area contributed by atoms with E-state index in [0.29, 0.717) is 5.92 Å². The Hall–Kier alpha value is -1.67. The molecule has 109 valence electrons. The molecule has 2 aromatic carbocycles. The lowest BCUT2D eigenvalue weighted by atomic mass is 9.90. The van der Waals surface area contributed by atoms with E-state index < -0.39 is 0 Å². The van der Waals surface area contributed by atoms with Crippen molar-refractivity contribution < 1.29 is 4.39 Å². The molecule has 0 bridgehead atoms. The molecule has 0 N–H and O–H groups in total. The quantitative estimate of drug-likeness (QED) is 0.818. The Morgan fingerprint density at radius 3 is 2.95 bits per heavy atom. The predicted molar refractivity (Wildman–Crippen MR) is 83.8 cm³/mol.